The van der Waals surface area contributed by atoms with E-state index in [4.69, 9.17) is 17.7 Å². The predicted molar refractivity (Wildman–Crippen MR) is 497 cm³/mol. The number of hydrogen-bond acceptors (Lipinski definition) is 23. The number of benzene rings is 5. The summed E-state index contributed by atoms with van der Waals surface area (Å²) in [7, 11) is 10.5. The van der Waals surface area contributed by atoms with Crippen molar-refractivity contribution >= 4 is 89.2 Å². The molecule has 22 rings (SSSR count). The number of fused-ring (bicyclic) bond motifs is 10. The Morgan fingerprint density at radius 1 is 0.388 bits per heavy atom. The molecule has 660 valence electrons. The maximum atomic E-state index is 15.1. The fraction of sp³-hybridized carbons (Fsp3) is 0.323. The second-order valence-corrected chi connectivity index (χ2v) is 35.3. The van der Waals surface area contributed by atoms with E-state index in [1.165, 1.54) is 48.7 Å². The van der Waals surface area contributed by atoms with Crippen LogP contribution in [-0.4, -0.2) is 197 Å². The number of pyridine rings is 1. The minimum Gasteiger partial charge on any atom is -0.422 e. The van der Waals surface area contributed by atoms with Crippen LogP contribution in [0.25, 0.3) is 111 Å². The van der Waals surface area contributed by atoms with Gasteiger partial charge in [0.15, 0.2) is 28.4 Å². The zero-order valence-corrected chi connectivity index (χ0v) is 74.2. The van der Waals surface area contributed by atoms with Crippen molar-refractivity contribution < 1.29 is 30.8 Å². The number of hydrogen-bond donors (Lipinski definition) is 0. The number of likely N-dealkylation sites (tertiary alicyclic amines) is 2. The SMILES string of the molecule is Cc1cc(F)c2nc(-c3cc4ccc(N5CC6CCC(C5)N6C)cc4oc3=O)cn2c1.Cc1cn2cc(-c3cc4c(F)cc(N(C)C5CCN(C)C5)cc4oc3=O)nc2c(C)n1.Cc1cn2cc(-c3cc4c(F)cc(N5CCCN(C)CC5)cc4oc3=O)nc2c(C)n1.Cc1cn2cc(-c3cc4ccc(N(C)C5CCN(Cc6ccccc6)C5)cc4oc3=O)nc2c(C)n1. The van der Waals surface area contributed by atoms with Gasteiger partial charge in [0.05, 0.1) is 90.0 Å². The quantitative estimate of drug-likeness (QED) is 0.103. The molecule has 5 fully saturated rings. The van der Waals surface area contributed by atoms with Crippen LogP contribution in [-0.2, 0) is 6.54 Å². The Labute approximate surface area is 740 Å². The van der Waals surface area contributed by atoms with Crippen LogP contribution in [0.15, 0.2) is 208 Å². The zero-order valence-electron chi connectivity index (χ0n) is 74.2. The first-order valence-electron chi connectivity index (χ1n) is 43.8. The Morgan fingerprint density at radius 2 is 0.860 bits per heavy atom. The minimum absolute atomic E-state index is 0.195. The highest BCUT2D eigenvalue weighted by molar-refractivity contribution is 5.89. The van der Waals surface area contributed by atoms with Gasteiger partial charge in [-0.25, -0.2) is 52.3 Å². The zero-order chi connectivity index (χ0) is 89.6. The van der Waals surface area contributed by atoms with Gasteiger partial charge in [0.2, 0.25) is 0 Å². The van der Waals surface area contributed by atoms with Gasteiger partial charge in [0.1, 0.15) is 34.0 Å². The van der Waals surface area contributed by atoms with Crippen LogP contribution in [0, 0.1) is 65.9 Å². The highest BCUT2D eigenvalue weighted by Gasteiger charge is 2.38. The molecule has 5 saturated heterocycles. The van der Waals surface area contributed by atoms with E-state index < -0.39 is 34.3 Å². The van der Waals surface area contributed by atoms with E-state index in [1.807, 2.05) is 124 Å². The van der Waals surface area contributed by atoms with Crippen LogP contribution in [0.3, 0.4) is 0 Å². The molecular weight excluding hydrogens is 1640 g/mol. The second-order valence-electron chi connectivity index (χ2n) is 35.3. The Bertz CT molecular complexity index is 7300. The van der Waals surface area contributed by atoms with Crippen molar-refractivity contribution in [1.82, 2.24) is 72.1 Å². The molecule has 30 heteroatoms. The molecule has 0 N–H and O–H groups in total. The van der Waals surface area contributed by atoms with Crippen molar-refractivity contribution in [1.29, 1.82) is 0 Å². The van der Waals surface area contributed by atoms with Crippen LogP contribution >= 0.6 is 0 Å². The molecule has 129 heavy (non-hydrogen) atoms. The third-order valence-electron chi connectivity index (χ3n) is 26.0. The van der Waals surface area contributed by atoms with Gasteiger partial charge in [-0.2, -0.15) is 0 Å². The molecule has 2 bridgehead atoms. The predicted octanol–water partition coefficient (Wildman–Crippen LogP) is 15.5. The number of aromatic nitrogens is 11. The highest BCUT2D eigenvalue weighted by atomic mass is 19.1. The van der Waals surface area contributed by atoms with E-state index in [0.717, 1.165) is 164 Å². The molecule has 5 aliphatic heterocycles. The van der Waals surface area contributed by atoms with Crippen molar-refractivity contribution in [2.75, 3.05) is 120 Å². The summed E-state index contributed by atoms with van der Waals surface area (Å²) in [6, 6.07) is 39.3. The first-order chi connectivity index (χ1) is 62.1. The molecule has 27 nitrogen and oxygen atoms in total. The molecule has 17 aromatic rings. The van der Waals surface area contributed by atoms with Crippen LogP contribution in [0.1, 0.15) is 77.4 Å². The Morgan fingerprint density at radius 3 is 1.42 bits per heavy atom. The lowest BCUT2D eigenvalue weighted by Gasteiger charge is -2.40. The lowest BCUT2D eigenvalue weighted by Crippen LogP contribution is -2.52. The number of rotatable bonds is 12. The summed E-state index contributed by atoms with van der Waals surface area (Å²) < 4.78 is 74.2. The highest BCUT2D eigenvalue weighted by Crippen LogP contribution is 2.37. The third kappa shape index (κ3) is 17.1. The average molecular weight is 1740 g/mol. The molecule has 0 saturated carbocycles. The normalized spacial score (nSPS) is 17.6. The molecule has 17 heterocycles. The molecule has 0 amide bonds. The summed E-state index contributed by atoms with van der Waals surface area (Å²) in [6.45, 7) is 23.7. The Balaban J connectivity index is 0.000000112. The van der Waals surface area contributed by atoms with E-state index in [-0.39, 0.29) is 44.3 Å². The van der Waals surface area contributed by atoms with Crippen LogP contribution in [0.4, 0.5) is 35.9 Å². The van der Waals surface area contributed by atoms with E-state index in [1.54, 1.807) is 47.4 Å². The first kappa shape index (κ1) is 84.8. The number of piperazine rings is 1. The number of anilines is 4. The summed E-state index contributed by atoms with van der Waals surface area (Å²) >= 11 is 0. The number of aryl methyl sites for hydroxylation is 7. The molecule has 0 aliphatic carbocycles. The standard InChI is InChI=1S/C29H29N5O2.C24H23FN4O2.2C23H24FN5O2/c1-19-15-34-18-26(31-28(34)20(2)30-19)25-13-22-9-10-23(14-27(22)36-29(25)35)32(3)24-11-12-33(17-24)16-21-7-5-4-6-8-21;1-14-7-20(25)23-26-21(13-29(23)10-14)19-8-15-3-4-16(9-22(15)31-24(19)30)28-11-17-5-6-18(12-28)27(17)2;1-13-10-29-12-20(26-22(29)14(2)25-13)18-9-17-19(24)7-16(8-21(17)31-23(18)30)28(4)15-5-6-27(3)11-15;1-14-12-29-13-20(26-22(29)15(2)25-14)18-11-17-19(24)9-16(10-21(17)31-23(18)30)28-6-4-5-27(3)7-8-28/h4-10,13-15,18,24H,11-12,16-17H2,1-3H3;3-4,7-10,13,17-18H,5-6,11-12H2,1-2H3;7-10,12,15H,5-6,11H2,1-4H3;9-13H,4-8H2,1-3H3. The van der Waals surface area contributed by atoms with Crippen molar-refractivity contribution in [3.05, 3.63) is 275 Å². The van der Waals surface area contributed by atoms with E-state index in [0.29, 0.717) is 86.2 Å². The third-order valence-corrected chi connectivity index (χ3v) is 26.0. The van der Waals surface area contributed by atoms with Gasteiger partial charge in [-0.1, -0.05) is 30.3 Å². The molecule has 0 radical (unpaired) electrons. The number of likely N-dealkylation sites (N-methyl/N-ethyl adjacent to an activating group) is 5. The van der Waals surface area contributed by atoms with Gasteiger partial charge in [-0.15, -0.1) is 0 Å². The molecule has 0 spiro atoms. The average Bonchev–Trinajstić information content (AvgIpc) is 1.71. The van der Waals surface area contributed by atoms with Crippen molar-refractivity contribution in [3.8, 4) is 45.0 Å². The molecule has 12 aromatic heterocycles. The van der Waals surface area contributed by atoms with Gasteiger partial charge in [0.25, 0.3) is 0 Å². The van der Waals surface area contributed by atoms with E-state index in [2.05, 4.69) is 145 Å². The second kappa shape index (κ2) is 34.5. The fourth-order valence-corrected chi connectivity index (χ4v) is 19.1. The summed E-state index contributed by atoms with van der Waals surface area (Å²) in [6.07, 6.45) is 20.0. The number of imidazole rings is 4. The summed E-state index contributed by atoms with van der Waals surface area (Å²) in [4.78, 5) is 101. The minimum atomic E-state index is -0.543. The topological polar surface area (TPSA) is 255 Å². The van der Waals surface area contributed by atoms with Gasteiger partial charge < -0.3 is 64.7 Å². The first-order valence-corrected chi connectivity index (χ1v) is 43.8. The van der Waals surface area contributed by atoms with Crippen molar-refractivity contribution in [2.45, 2.75) is 111 Å². The molecule has 4 unspecified atom stereocenters. The van der Waals surface area contributed by atoms with Gasteiger partial charge in [0, 0.05) is 205 Å². The monoisotopic (exact) mass is 1740 g/mol. The maximum absolute atomic E-state index is 15.1. The fourth-order valence-electron chi connectivity index (χ4n) is 19.1. The number of halogens is 3. The van der Waals surface area contributed by atoms with Gasteiger partial charge in [-0.05, 0) is 193 Å². The summed E-state index contributed by atoms with van der Waals surface area (Å²) in [5.74, 6) is -1.25. The van der Waals surface area contributed by atoms with Crippen LogP contribution in [0.2, 0.25) is 0 Å². The Hall–Kier alpha value is -13.7. The van der Waals surface area contributed by atoms with Crippen molar-refractivity contribution in [3.63, 3.8) is 0 Å². The summed E-state index contributed by atoms with van der Waals surface area (Å²) in [5.41, 5.74) is 15.7. The lowest BCUT2D eigenvalue weighted by atomic mass is 10.1. The smallest absolute Gasteiger partial charge is 0.345 e. The molecule has 5 aromatic carbocycles. The number of nitrogens with zero attached hydrogens (tertiary/aromatic N) is 19. The molecule has 4 atom stereocenters. The molecule has 5 aliphatic rings. The van der Waals surface area contributed by atoms with Gasteiger partial charge in [-0.3, -0.25) is 24.8 Å². The van der Waals surface area contributed by atoms with E-state index in [9.17, 15) is 23.6 Å². The van der Waals surface area contributed by atoms with E-state index >= 15 is 8.78 Å². The van der Waals surface area contributed by atoms with Crippen molar-refractivity contribution in [2.24, 2.45) is 0 Å². The van der Waals surface area contributed by atoms with Crippen LogP contribution in [0.5, 0.6) is 0 Å². The lowest BCUT2D eigenvalue weighted by molar-refractivity contribution is 0.212. The van der Waals surface area contributed by atoms with Gasteiger partial charge >= 0.3 is 22.5 Å². The maximum Gasteiger partial charge on any atom is 0.345 e. The summed E-state index contributed by atoms with van der Waals surface area (Å²) in [5, 5.41) is 2.23. The largest absolute Gasteiger partial charge is 0.422 e. The van der Waals surface area contributed by atoms with Crippen LogP contribution < -0.4 is 42.1 Å². The molecular formula is C99H100F3N19O8. The Kier molecular flexibility index (Phi) is 22.7.